The third-order valence-electron chi connectivity index (χ3n) is 4.19. The zero-order valence-electron chi connectivity index (χ0n) is 15.6. The number of nitrogens with zero attached hydrogens (tertiary/aromatic N) is 3. The summed E-state index contributed by atoms with van der Waals surface area (Å²) in [6.45, 7) is -3.04. The first kappa shape index (κ1) is 20.0. The van der Waals surface area contributed by atoms with Crippen LogP contribution in [0, 0.1) is 0 Å². The third-order valence-corrected chi connectivity index (χ3v) is 4.19. The van der Waals surface area contributed by atoms with Crippen molar-refractivity contribution in [3.8, 4) is 11.5 Å². The summed E-state index contributed by atoms with van der Waals surface area (Å²) in [5.74, 6) is -0.844. The van der Waals surface area contributed by atoms with E-state index >= 15 is 0 Å². The van der Waals surface area contributed by atoms with Crippen LogP contribution in [0.2, 0.25) is 0 Å². The molecule has 0 aliphatic heterocycles. The Morgan fingerprint density at radius 3 is 2.52 bits per heavy atom. The number of fused-ring (bicyclic) bond motifs is 1. The minimum absolute atomic E-state index is 0.0431. The van der Waals surface area contributed by atoms with Crippen molar-refractivity contribution in [2.75, 3.05) is 12.4 Å². The van der Waals surface area contributed by atoms with Gasteiger partial charge in [-0.3, -0.25) is 18.7 Å². The first-order valence-corrected chi connectivity index (χ1v) is 8.23. The number of hydrogen-bond acceptors (Lipinski definition) is 6. The van der Waals surface area contributed by atoms with Crippen molar-refractivity contribution in [1.29, 1.82) is 0 Å². The highest BCUT2D eigenvalue weighted by atomic mass is 19.3. The number of aromatic nitrogens is 3. The van der Waals surface area contributed by atoms with Crippen LogP contribution in [0.3, 0.4) is 0 Å². The lowest BCUT2D eigenvalue weighted by atomic mass is 10.2. The number of methoxy groups -OCH3 is 1. The van der Waals surface area contributed by atoms with E-state index in [9.17, 15) is 23.2 Å². The van der Waals surface area contributed by atoms with E-state index in [1.54, 1.807) is 0 Å². The fourth-order valence-electron chi connectivity index (χ4n) is 2.74. The number of carbonyl (C=O) groups is 1. The molecule has 0 bridgehead atoms. The molecular weight excluding hydrogens is 390 g/mol. The Hall–Kier alpha value is -3.76. The Morgan fingerprint density at radius 1 is 1.14 bits per heavy atom. The molecule has 1 N–H and O–H groups in total. The molecule has 0 unspecified atom stereocenters. The number of nitrogens with one attached hydrogen (secondary N) is 1. The predicted octanol–water partition coefficient (Wildman–Crippen LogP) is 1.49. The highest BCUT2D eigenvalue weighted by Gasteiger charge is 2.16. The number of amides is 1. The van der Waals surface area contributed by atoms with Crippen LogP contribution >= 0.6 is 0 Å². The molecule has 0 fully saturated rings. The van der Waals surface area contributed by atoms with Gasteiger partial charge in [0.15, 0.2) is 11.5 Å². The molecule has 0 aliphatic carbocycles. The van der Waals surface area contributed by atoms with Crippen molar-refractivity contribution < 1.29 is 23.0 Å². The number of benzene rings is 1. The van der Waals surface area contributed by atoms with Gasteiger partial charge < -0.3 is 14.8 Å². The minimum atomic E-state index is -3.04. The van der Waals surface area contributed by atoms with Gasteiger partial charge in [0, 0.05) is 19.7 Å². The molecule has 0 atom stereocenters. The van der Waals surface area contributed by atoms with E-state index in [4.69, 9.17) is 4.74 Å². The van der Waals surface area contributed by atoms with Crippen LogP contribution in [-0.4, -0.2) is 33.7 Å². The van der Waals surface area contributed by atoms with Crippen LogP contribution in [0.5, 0.6) is 11.5 Å². The monoisotopic (exact) mass is 406 g/mol. The van der Waals surface area contributed by atoms with Crippen LogP contribution in [0.25, 0.3) is 11.0 Å². The van der Waals surface area contributed by atoms with E-state index in [0.717, 1.165) is 4.57 Å². The number of pyridine rings is 1. The molecule has 1 amide bonds. The van der Waals surface area contributed by atoms with Gasteiger partial charge in [0.25, 0.3) is 11.5 Å². The van der Waals surface area contributed by atoms with E-state index in [1.165, 1.54) is 56.2 Å². The molecule has 29 heavy (non-hydrogen) atoms. The Morgan fingerprint density at radius 2 is 1.86 bits per heavy atom. The van der Waals surface area contributed by atoms with E-state index in [0.29, 0.717) is 0 Å². The number of hydrogen-bond donors (Lipinski definition) is 1. The maximum atomic E-state index is 12.5. The zero-order chi connectivity index (χ0) is 21.3. The molecule has 0 saturated heterocycles. The van der Waals surface area contributed by atoms with E-state index < -0.39 is 23.8 Å². The summed E-state index contributed by atoms with van der Waals surface area (Å²) < 4.78 is 36.3. The molecule has 2 aromatic heterocycles. The maximum absolute atomic E-state index is 12.5. The number of carbonyl (C=O) groups excluding carboxylic acids is 1. The number of anilines is 1. The lowest BCUT2D eigenvalue weighted by Gasteiger charge is -2.12. The standard InChI is InChI=1S/C18H16F2N4O5/c1-23-14-11(16(26)24(2)18(23)27)7-10(8-21-14)22-15(25)9-4-5-12(29-17(19)20)13(6-9)28-3/h4-8,17H,1-3H3,(H,22,25). The summed E-state index contributed by atoms with van der Waals surface area (Å²) >= 11 is 0. The van der Waals surface area contributed by atoms with Gasteiger partial charge in [-0.15, -0.1) is 0 Å². The SMILES string of the molecule is COc1cc(C(=O)Nc2cnc3c(c2)c(=O)n(C)c(=O)n3C)ccc1OC(F)F. The summed E-state index contributed by atoms with van der Waals surface area (Å²) in [6, 6.07) is 5.11. The Kier molecular flexibility index (Phi) is 5.31. The fourth-order valence-corrected chi connectivity index (χ4v) is 2.74. The van der Waals surface area contributed by atoms with Gasteiger partial charge in [-0.2, -0.15) is 8.78 Å². The highest BCUT2D eigenvalue weighted by Crippen LogP contribution is 2.29. The molecule has 0 spiro atoms. The minimum Gasteiger partial charge on any atom is -0.493 e. The summed E-state index contributed by atoms with van der Waals surface area (Å²) in [5, 5.41) is 2.71. The highest BCUT2D eigenvalue weighted by molar-refractivity contribution is 6.05. The molecule has 9 nitrogen and oxygen atoms in total. The van der Waals surface area contributed by atoms with Crippen LogP contribution in [0.15, 0.2) is 40.1 Å². The second kappa shape index (κ2) is 7.70. The number of rotatable bonds is 5. The van der Waals surface area contributed by atoms with E-state index in [2.05, 4.69) is 15.0 Å². The number of halogens is 2. The number of aryl methyl sites for hydroxylation is 1. The normalized spacial score (nSPS) is 11.0. The summed E-state index contributed by atoms with van der Waals surface area (Å²) in [4.78, 5) is 40.9. The topological polar surface area (TPSA) is 104 Å². The van der Waals surface area contributed by atoms with Gasteiger partial charge in [-0.25, -0.2) is 9.78 Å². The Balaban J connectivity index is 1.94. The predicted molar refractivity (Wildman–Crippen MR) is 99.8 cm³/mol. The quantitative estimate of drug-likeness (QED) is 0.689. The smallest absolute Gasteiger partial charge is 0.387 e. The van der Waals surface area contributed by atoms with Crippen molar-refractivity contribution >= 4 is 22.6 Å². The van der Waals surface area contributed by atoms with Gasteiger partial charge in [0.1, 0.15) is 5.65 Å². The first-order valence-electron chi connectivity index (χ1n) is 8.23. The summed E-state index contributed by atoms with van der Waals surface area (Å²) in [6.07, 6.45) is 1.30. The number of alkyl halides is 2. The molecule has 3 aromatic rings. The van der Waals surface area contributed by atoms with E-state index in [-0.39, 0.29) is 33.8 Å². The largest absolute Gasteiger partial charge is 0.493 e. The molecule has 2 heterocycles. The van der Waals surface area contributed by atoms with Crippen molar-refractivity contribution in [3.63, 3.8) is 0 Å². The molecule has 0 aliphatic rings. The fraction of sp³-hybridized carbons (Fsp3) is 0.222. The van der Waals surface area contributed by atoms with Crippen molar-refractivity contribution in [2.45, 2.75) is 6.61 Å². The third kappa shape index (κ3) is 3.79. The van der Waals surface area contributed by atoms with Gasteiger partial charge in [0.2, 0.25) is 0 Å². The van der Waals surface area contributed by atoms with Gasteiger partial charge >= 0.3 is 12.3 Å². The number of ether oxygens (including phenoxy) is 2. The first-order chi connectivity index (χ1) is 13.7. The van der Waals surface area contributed by atoms with Crippen LogP contribution in [0.4, 0.5) is 14.5 Å². The Bertz CT molecular complexity index is 1220. The van der Waals surface area contributed by atoms with Gasteiger partial charge in [-0.05, 0) is 24.3 Å². The van der Waals surface area contributed by atoms with Crippen molar-refractivity contribution in [2.24, 2.45) is 14.1 Å². The molecular formula is C18H16F2N4O5. The van der Waals surface area contributed by atoms with Crippen LogP contribution in [0.1, 0.15) is 10.4 Å². The Labute approximate surface area is 162 Å². The average molecular weight is 406 g/mol. The van der Waals surface area contributed by atoms with E-state index in [1.807, 2.05) is 0 Å². The molecule has 3 rings (SSSR count). The molecule has 11 heteroatoms. The van der Waals surface area contributed by atoms with Gasteiger partial charge in [-0.1, -0.05) is 0 Å². The van der Waals surface area contributed by atoms with Crippen LogP contribution < -0.4 is 26.0 Å². The lowest BCUT2D eigenvalue weighted by molar-refractivity contribution is -0.0512. The maximum Gasteiger partial charge on any atom is 0.387 e. The van der Waals surface area contributed by atoms with Crippen LogP contribution in [-0.2, 0) is 14.1 Å². The average Bonchev–Trinajstić information content (AvgIpc) is 2.70. The molecule has 1 aromatic carbocycles. The summed E-state index contributed by atoms with van der Waals surface area (Å²) in [5.41, 5.74) is -0.583. The molecule has 0 radical (unpaired) electrons. The zero-order valence-corrected chi connectivity index (χ0v) is 15.6. The van der Waals surface area contributed by atoms with Crippen molar-refractivity contribution in [3.05, 3.63) is 56.9 Å². The second-order valence-electron chi connectivity index (χ2n) is 6.00. The van der Waals surface area contributed by atoms with Gasteiger partial charge in [0.05, 0.1) is 24.4 Å². The second-order valence-corrected chi connectivity index (χ2v) is 6.00. The molecule has 0 saturated carbocycles. The van der Waals surface area contributed by atoms with Crippen molar-refractivity contribution in [1.82, 2.24) is 14.1 Å². The lowest BCUT2D eigenvalue weighted by Crippen LogP contribution is -2.37. The summed E-state index contributed by atoms with van der Waals surface area (Å²) in [7, 11) is 4.07. The molecule has 152 valence electrons.